The van der Waals surface area contributed by atoms with E-state index in [2.05, 4.69) is 26.2 Å². The Balaban J connectivity index is 1.41. The SMILES string of the molecule is O=C(c1cnccc1-c1ccccc1)N1CCC[C@@H](Nc2c(C(=O)N3CCCCC3)cc(Br)cc2[N+](=O)[O-])C1. The Hall–Kier alpha value is -3.79. The van der Waals surface area contributed by atoms with Gasteiger partial charge >= 0.3 is 0 Å². The Morgan fingerprint density at radius 2 is 1.67 bits per heavy atom. The highest BCUT2D eigenvalue weighted by molar-refractivity contribution is 9.10. The van der Waals surface area contributed by atoms with Crippen molar-refractivity contribution in [1.82, 2.24) is 14.8 Å². The van der Waals surface area contributed by atoms with Gasteiger partial charge in [0, 0.05) is 55.2 Å². The number of nitro benzene ring substituents is 1. The van der Waals surface area contributed by atoms with Crippen molar-refractivity contribution in [3.63, 3.8) is 0 Å². The monoisotopic (exact) mass is 591 g/mol. The summed E-state index contributed by atoms with van der Waals surface area (Å²) in [5, 5.41) is 15.4. The maximum absolute atomic E-state index is 13.7. The standard InChI is InChI=1S/C29H30BrN5O4/c30-21-16-24(28(36)33-13-5-2-6-14-33)27(26(17-21)35(38)39)32-22-10-7-15-34(19-22)29(37)25-18-31-12-11-23(25)20-8-3-1-4-9-20/h1,3-4,8-9,11-12,16-18,22,32H,2,5-7,10,13-15,19H2/t22-/m1/s1. The normalized spacial score (nSPS) is 17.5. The van der Waals surface area contributed by atoms with Crippen LogP contribution in [0.15, 0.2) is 65.4 Å². The number of halogens is 1. The van der Waals surface area contributed by atoms with Crippen molar-refractivity contribution >= 4 is 39.1 Å². The zero-order valence-corrected chi connectivity index (χ0v) is 23.1. The maximum atomic E-state index is 13.7. The molecule has 0 bridgehead atoms. The molecule has 0 radical (unpaired) electrons. The predicted molar refractivity (Wildman–Crippen MR) is 153 cm³/mol. The Labute approximate surface area is 235 Å². The van der Waals surface area contributed by atoms with Gasteiger partial charge in [-0.3, -0.25) is 24.7 Å². The van der Waals surface area contributed by atoms with Gasteiger partial charge in [-0.15, -0.1) is 0 Å². The fourth-order valence-electron chi connectivity index (χ4n) is 5.41. The van der Waals surface area contributed by atoms with Crippen LogP contribution < -0.4 is 5.32 Å². The van der Waals surface area contributed by atoms with Crippen LogP contribution in [0, 0.1) is 10.1 Å². The molecule has 2 aliphatic heterocycles. The first-order valence-corrected chi connectivity index (χ1v) is 14.0. The molecule has 0 unspecified atom stereocenters. The lowest BCUT2D eigenvalue weighted by molar-refractivity contribution is -0.384. The summed E-state index contributed by atoms with van der Waals surface area (Å²) in [6.07, 6.45) is 7.62. The summed E-state index contributed by atoms with van der Waals surface area (Å²) < 4.78 is 0.477. The average molecular weight is 592 g/mol. The van der Waals surface area contributed by atoms with Crippen LogP contribution in [0.3, 0.4) is 0 Å². The zero-order valence-electron chi connectivity index (χ0n) is 21.5. The fourth-order valence-corrected chi connectivity index (χ4v) is 5.86. The highest BCUT2D eigenvalue weighted by Crippen LogP contribution is 2.35. The van der Waals surface area contributed by atoms with Crippen molar-refractivity contribution < 1.29 is 14.5 Å². The lowest BCUT2D eigenvalue weighted by atomic mass is 9.98. The molecule has 2 saturated heterocycles. The number of piperidine rings is 2. The third-order valence-electron chi connectivity index (χ3n) is 7.35. The summed E-state index contributed by atoms with van der Waals surface area (Å²) in [5.74, 6) is -0.350. The van der Waals surface area contributed by atoms with Gasteiger partial charge in [-0.25, -0.2) is 0 Å². The van der Waals surface area contributed by atoms with Crippen LogP contribution in [0.4, 0.5) is 11.4 Å². The van der Waals surface area contributed by atoms with Crippen molar-refractivity contribution in [2.75, 3.05) is 31.5 Å². The molecule has 0 aliphatic carbocycles. The molecule has 3 aromatic rings. The second-order valence-corrected chi connectivity index (χ2v) is 10.9. The van der Waals surface area contributed by atoms with Gasteiger partial charge in [0.05, 0.1) is 16.1 Å². The van der Waals surface area contributed by atoms with E-state index in [9.17, 15) is 19.7 Å². The van der Waals surface area contributed by atoms with Crippen LogP contribution in [-0.2, 0) is 0 Å². The molecule has 202 valence electrons. The molecule has 0 saturated carbocycles. The number of nitro groups is 1. The van der Waals surface area contributed by atoms with Gasteiger partial charge in [-0.1, -0.05) is 46.3 Å². The third-order valence-corrected chi connectivity index (χ3v) is 7.80. The summed E-state index contributed by atoms with van der Waals surface area (Å²) in [7, 11) is 0. The van der Waals surface area contributed by atoms with E-state index >= 15 is 0 Å². The number of rotatable bonds is 6. The van der Waals surface area contributed by atoms with E-state index < -0.39 is 4.92 Å². The summed E-state index contributed by atoms with van der Waals surface area (Å²) in [5.41, 5.74) is 2.58. The highest BCUT2D eigenvalue weighted by atomic mass is 79.9. The van der Waals surface area contributed by atoms with Gasteiger partial charge in [0.25, 0.3) is 17.5 Å². The Kier molecular flexibility index (Phi) is 8.21. The quantitative estimate of drug-likeness (QED) is 0.288. The molecule has 9 nitrogen and oxygen atoms in total. The largest absolute Gasteiger partial charge is 0.374 e. The molecule has 2 fully saturated rings. The first-order valence-electron chi connectivity index (χ1n) is 13.2. The Morgan fingerprint density at radius 3 is 2.41 bits per heavy atom. The van der Waals surface area contributed by atoms with Crippen LogP contribution in [-0.4, -0.2) is 63.7 Å². The number of hydrogen-bond acceptors (Lipinski definition) is 6. The minimum Gasteiger partial charge on any atom is -0.374 e. The lowest BCUT2D eigenvalue weighted by Gasteiger charge is -2.34. The molecule has 5 rings (SSSR count). The number of benzene rings is 2. The van der Waals surface area contributed by atoms with Gasteiger partial charge in [0.1, 0.15) is 5.69 Å². The maximum Gasteiger partial charge on any atom is 0.294 e. The molecule has 10 heteroatoms. The second-order valence-electron chi connectivity index (χ2n) is 9.98. The van der Waals surface area contributed by atoms with Crippen molar-refractivity contribution in [3.8, 4) is 11.1 Å². The molecular formula is C29H30BrN5O4. The summed E-state index contributed by atoms with van der Waals surface area (Å²) in [6.45, 7) is 2.20. The Morgan fingerprint density at radius 1 is 0.949 bits per heavy atom. The van der Waals surface area contributed by atoms with E-state index in [-0.39, 0.29) is 34.8 Å². The first-order chi connectivity index (χ1) is 18.9. The van der Waals surface area contributed by atoms with Crippen LogP contribution in [0.2, 0.25) is 0 Å². The number of hydrogen-bond donors (Lipinski definition) is 1. The molecule has 3 heterocycles. The van der Waals surface area contributed by atoms with Crippen molar-refractivity contribution in [3.05, 3.63) is 86.6 Å². The zero-order chi connectivity index (χ0) is 27.4. The first kappa shape index (κ1) is 26.8. The molecule has 39 heavy (non-hydrogen) atoms. The molecule has 0 spiro atoms. The number of pyridine rings is 1. The van der Waals surface area contributed by atoms with E-state index in [4.69, 9.17) is 0 Å². The van der Waals surface area contributed by atoms with E-state index in [1.54, 1.807) is 28.3 Å². The van der Waals surface area contributed by atoms with Gasteiger partial charge in [0.2, 0.25) is 0 Å². The van der Waals surface area contributed by atoms with Gasteiger partial charge < -0.3 is 15.1 Å². The number of likely N-dealkylation sites (tertiary alicyclic amines) is 2. The van der Waals surface area contributed by atoms with Crippen molar-refractivity contribution in [1.29, 1.82) is 0 Å². The van der Waals surface area contributed by atoms with Gasteiger partial charge in [0.15, 0.2) is 0 Å². The van der Waals surface area contributed by atoms with Crippen LogP contribution >= 0.6 is 15.9 Å². The molecule has 1 atom stereocenters. The van der Waals surface area contributed by atoms with E-state index in [1.807, 2.05) is 36.4 Å². The minimum atomic E-state index is -0.465. The Bertz CT molecular complexity index is 1380. The molecule has 2 aromatic carbocycles. The van der Waals surface area contributed by atoms with E-state index in [0.29, 0.717) is 42.6 Å². The van der Waals surface area contributed by atoms with E-state index in [1.165, 1.54) is 6.07 Å². The summed E-state index contributed by atoms with van der Waals surface area (Å²) in [6, 6.07) is 14.4. The number of carbonyl (C=O) groups is 2. The van der Waals surface area contributed by atoms with Gasteiger partial charge in [-0.05, 0) is 55.4 Å². The molecule has 2 aliphatic rings. The number of anilines is 1. The smallest absolute Gasteiger partial charge is 0.294 e. The fraction of sp³-hybridized carbons (Fsp3) is 0.345. The molecule has 2 amide bonds. The van der Waals surface area contributed by atoms with E-state index in [0.717, 1.165) is 36.8 Å². The highest BCUT2D eigenvalue weighted by Gasteiger charge is 2.31. The number of carbonyl (C=O) groups excluding carboxylic acids is 2. The van der Waals surface area contributed by atoms with Crippen molar-refractivity contribution in [2.24, 2.45) is 0 Å². The lowest BCUT2D eigenvalue weighted by Crippen LogP contribution is -2.45. The number of aromatic nitrogens is 1. The van der Waals surface area contributed by atoms with Crippen LogP contribution in [0.25, 0.3) is 11.1 Å². The predicted octanol–water partition coefficient (Wildman–Crippen LogP) is 5.76. The molecule has 1 aromatic heterocycles. The average Bonchev–Trinajstić information content (AvgIpc) is 2.98. The number of nitrogens with zero attached hydrogens (tertiary/aromatic N) is 4. The number of nitrogens with one attached hydrogen (secondary N) is 1. The minimum absolute atomic E-state index is 0.136. The van der Waals surface area contributed by atoms with Crippen molar-refractivity contribution in [2.45, 2.75) is 38.1 Å². The summed E-state index contributed by atoms with van der Waals surface area (Å²) >= 11 is 3.35. The third kappa shape index (κ3) is 5.95. The topological polar surface area (TPSA) is 109 Å². The number of amides is 2. The molecular weight excluding hydrogens is 562 g/mol. The molecule has 1 N–H and O–H groups in total. The second kappa shape index (κ2) is 11.9. The summed E-state index contributed by atoms with van der Waals surface area (Å²) in [4.78, 5) is 46.5. The van der Waals surface area contributed by atoms with Gasteiger partial charge in [-0.2, -0.15) is 0 Å². The van der Waals surface area contributed by atoms with Crippen LogP contribution in [0.1, 0.15) is 52.8 Å². The van der Waals surface area contributed by atoms with Crippen LogP contribution in [0.5, 0.6) is 0 Å².